The second-order valence-corrected chi connectivity index (χ2v) is 5.97. The van der Waals surface area contributed by atoms with Crippen molar-refractivity contribution in [3.05, 3.63) is 72.3 Å². The molecular weight excluding hydrogens is 383 g/mol. The van der Waals surface area contributed by atoms with Crippen LogP contribution in [0.3, 0.4) is 0 Å². The molecule has 0 unspecified atom stereocenters. The van der Waals surface area contributed by atoms with E-state index in [2.05, 4.69) is 73.7 Å². The van der Waals surface area contributed by atoms with Crippen molar-refractivity contribution in [3.63, 3.8) is 0 Å². The third kappa shape index (κ3) is 10.9. The summed E-state index contributed by atoms with van der Waals surface area (Å²) in [5.41, 5.74) is 1.51. The molecule has 0 spiro atoms. The van der Waals surface area contributed by atoms with E-state index >= 15 is 0 Å². The molecule has 0 aliphatic heterocycles. The second-order valence-electron chi connectivity index (χ2n) is 5.97. The molecule has 0 aromatic heterocycles. The molecule has 0 radical (unpaired) electrons. The topological polar surface area (TPSA) is 0 Å². The van der Waals surface area contributed by atoms with Gasteiger partial charge in [-0.25, -0.2) is 12.1 Å². The Bertz CT molecular complexity index is 584. The number of fused-ring (bicyclic) bond motifs is 1. The molecule has 3 aromatic carbocycles. The average molecular weight is 411 g/mol. The van der Waals surface area contributed by atoms with E-state index in [9.17, 15) is 0 Å². The van der Waals surface area contributed by atoms with Crippen LogP contribution in [0.1, 0.15) is 51.0 Å². The van der Waals surface area contributed by atoms with Gasteiger partial charge in [0, 0.05) is 0 Å². The van der Waals surface area contributed by atoms with Crippen LogP contribution in [0.2, 0.25) is 0 Å². The maximum Gasteiger partial charge on any atom is 4.00 e. The Balaban J connectivity index is 0. The summed E-state index contributed by atoms with van der Waals surface area (Å²) >= 11 is 0. The molecule has 0 aliphatic rings. The van der Waals surface area contributed by atoms with Crippen LogP contribution in [0.4, 0.5) is 0 Å². The van der Waals surface area contributed by atoms with E-state index in [1.165, 1.54) is 61.3 Å². The van der Waals surface area contributed by atoms with Gasteiger partial charge < -0.3 is 24.8 Å². The van der Waals surface area contributed by atoms with Crippen molar-refractivity contribution in [1.82, 2.24) is 0 Å². The molecular formula is C22H28Cl2Ti. The van der Waals surface area contributed by atoms with Gasteiger partial charge in [-0.2, -0.15) is 35.2 Å². The minimum absolute atomic E-state index is 0. The van der Waals surface area contributed by atoms with Gasteiger partial charge in [0.2, 0.25) is 0 Å². The number of benzene rings is 1. The first kappa shape index (κ1) is 26.7. The van der Waals surface area contributed by atoms with Crippen molar-refractivity contribution in [2.24, 2.45) is 0 Å². The van der Waals surface area contributed by atoms with E-state index in [1.54, 1.807) is 0 Å². The maximum absolute atomic E-state index is 2.27. The van der Waals surface area contributed by atoms with Gasteiger partial charge in [-0.05, 0) is 0 Å². The van der Waals surface area contributed by atoms with Crippen LogP contribution in [-0.4, -0.2) is 0 Å². The van der Waals surface area contributed by atoms with Crippen molar-refractivity contribution in [1.29, 1.82) is 0 Å². The molecule has 0 aliphatic carbocycles. The standard InChI is InChI=1S/C13H21.C9H7.2ClH.Ti/c1-2-3-4-5-6-7-10-13-11-8-9-12-13;1-2-5-9-7-3-6-8(9)4-1;;;/h8-9,11-12H,2-7,10H2,1H3;1-7H;2*1H;/q2*-1;;;+4/p-2. The van der Waals surface area contributed by atoms with Crippen LogP contribution in [0, 0.1) is 0 Å². The molecule has 134 valence electrons. The molecule has 0 bridgehead atoms. The summed E-state index contributed by atoms with van der Waals surface area (Å²) in [5.74, 6) is 0. The molecule has 0 amide bonds. The van der Waals surface area contributed by atoms with Gasteiger partial charge in [0.1, 0.15) is 0 Å². The van der Waals surface area contributed by atoms with E-state index in [4.69, 9.17) is 0 Å². The summed E-state index contributed by atoms with van der Waals surface area (Å²) in [6.07, 6.45) is 9.67. The predicted octanol–water partition coefficient (Wildman–Crippen LogP) is 0.873. The van der Waals surface area contributed by atoms with Crippen LogP contribution in [0.15, 0.2) is 66.7 Å². The molecule has 0 saturated heterocycles. The number of rotatable bonds is 7. The average Bonchev–Trinajstić information content (AvgIpc) is 3.22. The fourth-order valence-electron chi connectivity index (χ4n) is 2.76. The molecule has 3 heteroatoms. The zero-order chi connectivity index (χ0) is 15.5. The van der Waals surface area contributed by atoms with Gasteiger partial charge in [-0.15, -0.1) is 29.7 Å². The maximum atomic E-state index is 2.27. The monoisotopic (exact) mass is 410 g/mol. The van der Waals surface area contributed by atoms with Crippen molar-refractivity contribution in [3.8, 4) is 0 Å². The minimum Gasteiger partial charge on any atom is -1.00 e. The third-order valence-corrected chi connectivity index (χ3v) is 4.10. The number of aryl methyl sites for hydroxylation is 1. The molecule has 0 nitrogen and oxygen atoms in total. The van der Waals surface area contributed by atoms with Crippen LogP contribution in [0.5, 0.6) is 0 Å². The van der Waals surface area contributed by atoms with E-state index in [0.29, 0.717) is 0 Å². The Labute approximate surface area is 180 Å². The van der Waals surface area contributed by atoms with Gasteiger partial charge in [0.25, 0.3) is 0 Å². The van der Waals surface area contributed by atoms with Crippen LogP contribution < -0.4 is 24.8 Å². The molecule has 0 saturated carbocycles. The molecule has 0 atom stereocenters. The van der Waals surface area contributed by atoms with E-state index in [1.807, 2.05) is 0 Å². The zero-order valence-electron chi connectivity index (χ0n) is 15.1. The quantitative estimate of drug-likeness (QED) is 0.308. The number of halogens is 2. The van der Waals surface area contributed by atoms with Gasteiger partial charge in [0.15, 0.2) is 0 Å². The Kier molecular flexibility index (Phi) is 18.1. The summed E-state index contributed by atoms with van der Waals surface area (Å²) in [6.45, 7) is 2.27. The Morgan fingerprint density at radius 3 is 2.12 bits per heavy atom. The molecule has 0 fully saturated rings. The van der Waals surface area contributed by atoms with Gasteiger partial charge in [-0.1, -0.05) is 57.9 Å². The first-order valence-corrected chi connectivity index (χ1v) is 8.71. The Hall–Kier alpha value is -0.526. The number of unbranched alkanes of at least 4 members (excludes halogenated alkanes) is 5. The van der Waals surface area contributed by atoms with Gasteiger partial charge in [0.05, 0.1) is 0 Å². The molecule has 0 heterocycles. The normalized spacial score (nSPS) is 9.16. The first-order valence-electron chi connectivity index (χ1n) is 8.71. The molecule has 25 heavy (non-hydrogen) atoms. The number of hydrogen-bond donors (Lipinski definition) is 0. The minimum atomic E-state index is 0. The summed E-state index contributed by atoms with van der Waals surface area (Å²) in [5, 5.41) is 2.66. The van der Waals surface area contributed by atoms with Crippen LogP contribution in [-0.2, 0) is 28.1 Å². The summed E-state index contributed by atoms with van der Waals surface area (Å²) in [6, 6.07) is 23.4. The largest absolute Gasteiger partial charge is 4.00 e. The smallest absolute Gasteiger partial charge is 1.00 e. The van der Waals surface area contributed by atoms with E-state index in [-0.39, 0.29) is 46.5 Å². The van der Waals surface area contributed by atoms with Gasteiger partial charge >= 0.3 is 21.7 Å². The number of hydrogen-bond acceptors (Lipinski definition) is 0. The predicted molar refractivity (Wildman–Crippen MR) is 98.7 cm³/mol. The fourth-order valence-corrected chi connectivity index (χ4v) is 2.76. The fraction of sp³-hybridized carbons (Fsp3) is 0.364. The Morgan fingerprint density at radius 1 is 0.800 bits per heavy atom. The van der Waals surface area contributed by atoms with Gasteiger partial charge in [-0.3, -0.25) is 0 Å². The van der Waals surface area contributed by atoms with Crippen molar-refractivity contribution >= 4 is 10.8 Å². The van der Waals surface area contributed by atoms with Crippen LogP contribution in [0.25, 0.3) is 10.8 Å². The molecule has 3 rings (SSSR count). The summed E-state index contributed by atoms with van der Waals surface area (Å²) in [7, 11) is 0. The Morgan fingerprint density at radius 2 is 1.44 bits per heavy atom. The van der Waals surface area contributed by atoms with Crippen molar-refractivity contribution < 1.29 is 46.5 Å². The molecule has 3 aromatic rings. The van der Waals surface area contributed by atoms with Crippen LogP contribution >= 0.6 is 0 Å². The van der Waals surface area contributed by atoms with E-state index < -0.39 is 0 Å². The SMILES string of the molecule is CCCCCCCC[c-]1cccc1.[Cl-].[Cl-].[Ti+4].c1ccc2[cH-]ccc2c1. The molecule has 0 N–H and O–H groups in total. The van der Waals surface area contributed by atoms with E-state index in [0.717, 1.165) is 0 Å². The van der Waals surface area contributed by atoms with Crippen molar-refractivity contribution in [2.45, 2.75) is 51.9 Å². The zero-order valence-corrected chi connectivity index (χ0v) is 18.1. The van der Waals surface area contributed by atoms with Crippen molar-refractivity contribution in [2.75, 3.05) is 0 Å². The second kappa shape index (κ2) is 16.9. The summed E-state index contributed by atoms with van der Waals surface area (Å²) in [4.78, 5) is 0. The summed E-state index contributed by atoms with van der Waals surface area (Å²) < 4.78 is 0. The first-order chi connectivity index (χ1) is 10.9. The third-order valence-electron chi connectivity index (χ3n) is 4.10.